The van der Waals surface area contributed by atoms with E-state index in [9.17, 15) is 9.59 Å². The van der Waals surface area contributed by atoms with E-state index in [1.54, 1.807) is 0 Å². The standard InChI is InChI=1S/C21H24N2O3/c1-3-12-26-17-11-7-10-16-19(17)18(20(24)21(22)25)14(2)23(16)13-15-8-5-4-6-9-15/h4-11,14,18H,3,12-13H2,1-2H3,(H2,22,25). The first-order valence-corrected chi connectivity index (χ1v) is 8.94. The molecule has 5 nitrogen and oxygen atoms in total. The highest BCUT2D eigenvalue weighted by Gasteiger charge is 2.43. The Labute approximate surface area is 153 Å². The van der Waals surface area contributed by atoms with E-state index in [-0.39, 0.29) is 6.04 Å². The molecule has 0 saturated heterocycles. The number of benzene rings is 2. The third-order valence-electron chi connectivity index (χ3n) is 4.82. The summed E-state index contributed by atoms with van der Waals surface area (Å²) < 4.78 is 5.87. The summed E-state index contributed by atoms with van der Waals surface area (Å²) in [6, 6.07) is 15.6. The average Bonchev–Trinajstić information content (AvgIpc) is 2.92. The largest absolute Gasteiger partial charge is 0.493 e. The predicted octanol–water partition coefficient (Wildman–Crippen LogP) is 3.02. The van der Waals surface area contributed by atoms with Crippen molar-refractivity contribution < 1.29 is 14.3 Å². The summed E-state index contributed by atoms with van der Waals surface area (Å²) in [5, 5.41) is 0. The number of carbonyl (C=O) groups is 2. The minimum Gasteiger partial charge on any atom is -0.493 e. The van der Waals surface area contributed by atoms with Gasteiger partial charge < -0.3 is 15.4 Å². The minimum absolute atomic E-state index is 0.184. The summed E-state index contributed by atoms with van der Waals surface area (Å²) in [4.78, 5) is 26.4. The van der Waals surface area contributed by atoms with Crippen LogP contribution in [0.4, 0.5) is 5.69 Å². The molecular formula is C21H24N2O3. The van der Waals surface area contributed by atoms with Gasteiger partial charge >= 0.3 is 0 Å². The molecule has 2 N–H and O–H groups in total. The van der Waals surface area contributed by atoms with E-state index in [1.807, 2.05) is 62.4 Å². The Morgan fingerprint density at radius 1 is 1.12 bits per heavy atom. The number of nitrogens with two attached hydrogens (primary N) is 1. The van der Waals surface area contributed by atoms with Crippen LogP contribution in [0.25, 0.3) is 0 Å². The summed E-state index contributed by atoms with van der Waals surface area (Å²) in [7, 11) is 0. The highest BCUT2D eigenvalue weighted by molar-refractivity contribution is 6.38. The summed E-state index contributed by atoms with van der Waals surface area (Å²) in [5.74, 6) is -1.42. The first-order valence-electron chi connectivity index (χ1n) is 8.94. The molecule has 1 amide bonds. The quantitative estimate of drug-likeness (QED) is 0.778. The highest BCUT2D eigenvalue weighted by Crippen LogP contribution is 2.47. The number of ketones is 1. The van der Waals surface area contributed by atoms with Gasteiger partial charge in [0.2, 0.25) is 5.78 Å². The third-order valence-corrected chi connectivity index (χ3v) is 4.82. The Bertz CT molecular complexity index is 804. The lowest BCUT2D eigenvalue weighted by molar-refractivity contribution is -0.137. The second-order valence-electron chi connectivity index (χ2n) is 6.60. The van der Waals surface area contributed by atoms with Crippen molar-refractivity contribution in [2.24, 2.45) is 5.73 Å². The van der Waals surface area contributed by atoms with Gasteiger partial charge in [-0.15, -0.1) is 0 Å². The Morgan fingerprint density at radius 2 is 1.85 bits per heavy atom. The topological polar surface area (TPSA) is 72.6 Å². The van der Waals surface area contributed by atoms with Gasteiger partial charge in [-0.25, -0.2) is 0 Å². The fraction of sp³-hybridized carbons (Fsp3) is 0.333. The highest BCUT2D eigenvalue weighted by atomic mass is 16.5. The zero-order chi connectivity index (χ0) is 18.7. The molecule has 2 aromatic carbocycles. The maximum Gasteiger partial charge on any atom is 0.285 e. The van der Waals surface area contributed by atoms with E-state index < -0.39 is 17.6 Å². The van der Waals surface area contributed by atoms with E-state index in [0.717, 1.165) is 23.2 Å². The van der Waals surface area contributed by atoms with Gasteiger partial charge in [0.25, 0.3) is 5.91 Å². The molecule has 0 radical (unpaired) electrons. The Balaban J connectivity index is 2.05. The van der Waals surface area contributed by atoms with Crippen LogP contribution in [0.2, 0.25) is 0 Å². The molecule has 3 rings (SSSR count). The number of ether oxygens (including phenoxy) is 1. The first kappa shape index (κ1) is 18.0. The van der Waals surface area contributed by atoms with Crippen LogP contribution in [-0.2, 0) is 16.1 Å². The van der Waals surface area contributed by atoms with Crippen LogP contribution in [0.5, 0.6) is 5.75 Å². The molecule has 136 valence electrons. The van der Waals surface area contributed by atoms with Gasteiger partial charge in [0.15, 0.2) is 0 Å². The number of nitrogens with zero attached hydrogens (tertiary/aromatic N) is 1. The van der Waals surface area contributed by atoms with Crippen molar-refractivity contribution in [2.75, 3.05) is 11.5 Å². The van der Waals surface area contributed by atoms with Crippen molar-refractivity contribution >= 4 is 17.4 Å². The van der Waals surface area contributed by atoms with Crippen molar-refractivity contribution in [3.8, 4) is 5.75 Å². The van der Waals surface area contributed by atoms with Crippen molar-refractivity contribution in [1.82, 2.24) is 0 Å². The second kappa shape index (κ2) is 7.60. The second-order valence-corrected chi connectivity index (χ2v) is 6.60. The van der Waals surface area contributed by atoms with E-state index in [1.165, 1.54) is 0 Å². The molecule has 1 aliphatic rings. The molecule has 2 unspecified atom stereocenters. The Kier molecular flexibility index (Phi) is 5.26. The van der Waals surface area contributed by atoms with Crippen molar-refractivity contribution in [3.63, 3.8) is 0 Å². The molecule has 1 heterocycles. The van der Waals surface area contributed by atoms with E-state index in [4.69, 9.17) is 10.5 Å². The third kappa shape index (κ3) is 3.29. The SMILES string of the molecule is CCCOc1cccc2c1C(C(=O)C(N)=O)C(C)N2Cc1ccccc1. The molecule has 5 heteroatoms. The van der Waals surface area contributed by atoms with Crippen LogP contribution in [0.15, 0.2) is 48.5 Å². The molecule has 2 atom stereocenters. The lowest BCUT2D eigenvalue weighted by atomic mass is 9.90. The van der Waals surface area contributed by atoms with Crippen LogP contribution in [0.1, 0.15) is 37.3 Å². The Morgan fingerprint density at radius 3 is 2.50 bits per heavy atom. The van der Waals surface area contributed by atoms with E-state index in [2.05, 4.69) is 4.90 Å². The number of Topliss-reactive ketones (excluding diaryl/α,β-unsaturated/α-hetero) is 1. The first-order chi connectivity index (χ1) is 12.5. The number of rotatable bonds is 7. The average molecular weight is 352 g/mol. The number of fused-ring (bicyclic) bond motifs is 1. The summed E-state index contributed by atoms with van der Waals surface area (Å²) >= 11 is 0. The monoisotopic (exact) mass is 352 g/mol. The lowest BCUT2D eigenvalue weighted by Gasteiger charge is -2.26. The predicted molar refractivity (Wildman–Crippen MR) is 101 cm³/mol. The number of hydrogen-bond acceptors (Lipinski definition) is 4. The smallest absolute Gasteiger partial charge is 0.285 e. The summed E-state index contributed by atoms with van der Waals surface area (Å²) in [6.45, 7) is 5.19. The molecule has 26 heavy (non-hydrogen) atoms. The molecule has 0 fully saturated rings. The fourth-order valence-corrected chi connectivity index (χ4v) is 3.59. The zero-order valence-electron chi connectivity index (χ0n) is 15.1. The van der Waals surface area contributed by atoms with Crippen LogP contribution in [-0.4, -0.2) is 24.3 Å². The van der Waals surface area contributed by atoms with Gasteiger partial charge in [0.05, 0.1) is 12.5 Å². The van der Waals surface area contributed by atoms with Gasteiger partial charge in [0, 0.05) is 23.8 Å². The summed E-state index contributed by atoms with van der Waals surface area (Å²) in [6.07, 6.45) is 0.862. The molecule has 0 aliphatic carbocycles. The number of primary amides is 1. The normalized spacial score (nSPS) is 18.5. The van der Waals surface area contributed by atoms with Crippen LogP contribution < -0.4 is 15.4 Å². The van der Waals surface area contributed by atoms with Gasteiger partial charge in [0.1, 0.15) is 5.75 Å². The van der Waals surface area contributed by atoms with Crippen molar-refractivity contribution in [2.45, 2.75) is 38.8 Å². The van der Waals surface area contributed by atoms with E-state index >= 15 is 0 Å². The van der Waals surface area contributed by atoms with Crippen molar-refractivity contribution in [1.29, 1.82) is 0 Å². The number of carbonyl (C=O) groups excluding carboxylic acids is 2. The van der Waals surface area contributed by atoms with Gasteiger partial charge in [-0.1, -0.05) is 43.3 Å². The number of hydrogen-bond donors (Lipinski definition) is 1. The maximum absolute atomic E-state index is 12.6. The molecule has 0 spiro atoms. The van der Waals surface area contributed by atoms with Crippen LogP contribution in [0.3, 0.4) is 0 Å². The van der Waals surface area contributed by atoms with E-state index in [0.29, 0.717) is 18.9 Å². The lowest BCUT2D eigenvalue weighted by Crippen LogP contribution is -2.38. The van der Waals surface area contributed by atoms with Gasteiger partial charge in [-0.2, -0.15) is 0 Å². The van der Waals surface area contributed by atoms with Crippen LogP contribution >= 0.6 is 0 Å². The number of amides is 1. The Hall–Kier alpha value is -2.82. The molecule has 0 aromatic heterocycles. The molecule has 2 aromatic rings. The molecular weight excluding hydrogens is 328 g/mol. The molecule has 0 saturated carbocycles. The van der Waals surface area contributed by atoms with Gasteiger partial charge in [-0.05, 0) is 31.0 Å². The van der Waals surface area contributed by atoms with Crippen molar-refractivity contribution in [3.05, 3.63) is 59.7 Å². The fourth-order valence-electron chi connectivity index (χ4n) is 3.59. The molecule has 0 bridgehead atoms. The maximum atomic E-state index is 12.6. The number of anilines is 1. The minimum atomic E-state index is -0.903. The van der Waals surface area contributed by atoms with Gasteiger partial charge in [-0.3, -0.25) is 9.59 Å². The molecule has 1 aliphatic heterocycles. The van der Waals surface area contributed by atoms with Crippen LogP contribution in [0, 0.1) is 0 Å². The zero-order valence-corrected chi connectivity index (χ0v) is 15.1. The summed E-state index contributed by atoms with van der Waals surface area (Å²) in [5.41, 5.74) is 8.17.